The summed E-state index contributed by atoms with van der Waals surface area (Å²) in [5.41, 5.74) is 0.387. The van der Waals surface area contributed by atoms with Crippen LogP contribution in [-0.2, 0) is 4.74 Å². The van der Waals surface area contributed by atoms with Crippen LogP contribution in [0.25, 0.3) is 10.7 Å². The molecule has 2 aromatic rings. The Morgan fingerprint density at radius 1 is 1.37 bits per heavy atom. The van der Waals surface area contributed by atoms with E-state index in [1.54, 1.807) is 11.3 Å². The molecular formula is C13H13BrN2O2S. The van der Waals surface area contributed by atoms with Crippen LogP contribution in [0.5, 0.6) is 0 Å². The van der Waals surface area contributed by atoms with Crippen LogP contribution in [0.3, 0.4) is 0 Å². The highest BCUT2D eigenvalue weighted by atomic mass is 79.9. The number of thiophene rings is 1. The first-order valence-electron chi connectivity index (χ1n) is 6.43. The first kappa shape index (κ1) is 12.1. The third-order valence-electron chi connectivity index (χ3n) is 4.21. The maximum Gasteiger partial charge on any atom is 0.230 e. The van der Waals surface area contributed by atoms with Gasteiger partial charge in [0, 0.05) is 29.0 Å². The minimum absolute atomic E-state index is 0.387. The Morgan fingerprint density at radius 3 is 2.95 bits per heavy atom. The SMILES string of the molecule is Brc1csc(-c2noc([C@H]3CC34CCOCC4)n2)c1. The highest BCUT2D eigenvalue weighted by Crippen LogP contribution is 2.64. The number of nitrogens with zero attached hydrogens (tertiary/aromatic N) is 2. The van der Waals surface area contributed by atoms with Crippen LogP contribution < -0.4 is 0 Å². The average Bonchev–Trinajstić information content (AvgIpc) is 2.85. The summed E-state index contributed by atoms with van der Waals surface area (Å²) in [5, 5.41) is 6.14. The number of hydrogen-bond donors (Lipinski definition) is 0. The molecule has 2 aliphatic rings. The molecule has 1 saturated heterocycles. The third-order valence-corrected chi connectivity index (χ3v) is 5.89. The topological polar surface area (TPSA) is 48.2 Å². The molecule has 100 valence electrons. The van der Waals surface area contributed by atoms with Gasteiger partial charge in [0.15, 0.2) is 0 Å². The van der Waals surface area contributed by atoms with Crippen LogP contribution >= 0.6 is 27.3 Å². The van der Waals surface area contributed by atoms with Gasteiger partial charge in [0.2, 0.25) is 11.7 Å². The minimum atomic E-state index is 0.387. The van der Waals surface area contributed by atoms with Crippen LogP contribution in [-0.4, -0.2) is 23.4 Å². The van der Waals surface area contributed by atoms with Crippen molar-refractivity contribution in [2.75, 3.05) is 13.2 Å². The summed E-state index contributed by atoms with van der Waals surface area (Å²) in [6, 6.07) is 2.02. The molecule has 6 heteroatoms. The molecule has 19 heavy (non-hydrogen) atoms. The normalized spacial score (nSPS) is 24.8. The van der Waals surface area contributed by atoms with Gasteiger partial charge in [-0.05, 0) is 46.7 Å². The first-order chi connectivity index (χ1) is 9.27. The summed E-state index contributed by atoms with van der Waals surface area (Å²) >= 11 is 5.07. The van der Waals surface area contributed by atoms with Crippen molar-refractivity contribution in [2.24, 2.45) is 5.41 Å². The van der Waals surface area contributed by atoms with Gasteiger partial charge in [-0.15, -0.1) is 11.3 Å². The molecule has 2 fully saturated rings. The molecule has 0 amide bonds. The van der Waals surface area contributed by atoms with Crippen LogP contribution in [0, 0.1) is 5.41 Å². The van der Waals surface area contributed by atoms with E-state index < -0.39 is 0 Å². The van der Waals surface area contributed by atoms with Crippen molar-refractivity contribution in [1.82, 2.24) is 10.1 Å². The molecule has 4 nitrogen and oxygen atoms in total. The van der Waals surface area contributed by atoms with Crippen molar-refractivity contribution in [1.29, 1.82) is 0 Å². The predicted octanol–water partition coefficient (Wildman–Crippen LogP) is 3.84. The lowest BCUT2D eigenvalue weighted by molar-refractivity contribution is 0.0544. The molecule has 0 aromatic carbocycles. The molecule has 0 N–H and O–H groups in total. The Kier molecular flexibility index (Phi) is 2.79. The molecule has 1 spiro atoms. The largest absolute Gasteiger partial charge is 0.381 e. The van der Waals surface area contributed by atoms with Gasteiger partial charge in [-0.2, -0.15) is 4.98 Å². The summed E-state index contributed by atoms with van der Waals surface area (Å²) in [6.07, 6.45) is 3.42. The molecule has 1 aliphatic heterocycles. The van der Waals surface area contributed by atoms with E-state index in [-0.39, 0.29) is 0 Å². The fourth-order valence-electron chi connectivity index (χ4n) is 2.93. The number of aromatic nitrogens is 2. The number of halogens is 1. The summed E-state index contributed by atoms with van der Waals surface area (Å²) in [5.74, 6) is 1.96. The Balaban J connectivity index is 1.56. The Hall–Kier alpha value is -0.720. The molecule has 2 aromatic heterocycles. The number of hydrogen-bond acceptors (Lipinski definition) is 5. The highest BCUT2D eigenvalue weighted by Gasteiger charge is 2.57. The second-order valence-corrected chi connectivity index (χ2v) is 7.14. The van der Waals surface area contributed by atoms with E-state index in [2.05, 4.69) is 26.1 Å². The molecule has 3 heterocycles. The van der Waals surface area contributed by atoms with Gasteiger partial charge in [-0.25, -0.2) is 0 Å². The average molecular weight is 341 g/mol. The second kappa shape index (κ2) is 4.40. The van der Waals surface area contributed by atoms with Gasteiger partial charge in [-0.3, -0.25) is 0 Å². The molecular weight excluding hydrogens is 328 g/mol. The van der Waals surface area contributed by atoms with E-state index in [9.17, 15) is 0 Å². The van der Waals surface area contributed by atoms with Gasteiger partial charge in [-0.1, -0.05) is 5.16 Å². The van der Waals surface area contributed by atoms with E-state index >= 15 is 0 Å². The molecule has 1 atom stereocenters. The summed E-state index contributed by atoms with van der Waals surface area (Å²) < 4.78 is 12.0. The molecule has 1 aliphatic carbocycles. The standard InChI is InChI=1S/C13H13BrN2O2S/c14-8-5-10(19-7-8)11-15-12(18-16-11)9-6-13(9)1-3-17-4-2-13/h5,7,9H,1-4,6H2/t9-/m1/s1. The summed E-state index contributed by atoms with van der Waals surface area (Å²) in [4.78, 5) is 5.62. The summed E-state index contributed by atoms with van der Waals surface area (Å²) in [6.45, 7) is 1.74. The fraction of sp³-hybridized carbons (Fsp3) is 0.538. The molecule has 0 bridgehead atoms. The van der Waals surface area contributed by atoms with Crippen molar-refractivity contribution >= 4 is 27.3 Å². The molecule has 4 rings (SSSR count). The fourth-order valence-corrected chi connectivity index (χ4v) is 4.29. The Labute approximate surface area is 123 Å². The summed E-state index contributed by atoms with van der Waals surface area (Å²) in [7, 11) is 0. The van der Waals surface area contributed by atoms with Crippen molar-refractivity contribution in [3.05, 3.63) is 21.8 Å². The lowest BCUT2D eigenvalue weighted by atomic mass is 9.94. The van der Waals surface area contributed by atoms with Crippen LogP contribution in [0.1, 0.15) is 31.1 Å². The van der Waals surface area contributed by atoms with Crippen LogP contribution in [0.2, 0.25) is 0 Å². The highest BCUT2D eigenvalue weighted by molar-refractivity contribution is 9.10. The lowest BCUT2D eigenvalue weighted by Gasteiger charge is -2.21. The van der Waals surface area contributed by atoms with Gasteiger partial charge < -0.3 is 9.26 Å². The van der Waals surface area contributed by atoms with E-state index in [1.807, 2.05) is 11.4 Å². The Bertz CT molecular complexity index is 603. The zero-order valence-corrected chi connectivity index (χ0v) is 12.7. The van der Waals surface area contributed by atoms with Crippen molar-refractivity contribution in [3.63, 3.8) is 0 Å². The minimum Gasteiger partial charge on any atom is -0.381 e. The van der Waals surface area contributed by atoms with Crippen LogP contribution in [0.4, 0.5) is 0 Å². The number of ether oxygens (including phenoxy) is 1. The third kappa shape index (κ3) is 2.06. The maximum atomic E-state index is 5.47. The predicted molar refractivity (Wildman–Crippen MR) is 75.2 cm³/mol. The van der Waals surface area contributed by atoms with E-state index in [0.29, 0.717) is 17.2 Å². The number of rotatable bonds is 2. The van der Waals surface area contributed by atoms with E-state index in [0.717, 1.165) is 41.3 Å². The van der Waals surface area contributed by atoms with Gasteiger partial charge in [0.05, 0.1) is 4.88 Å². The van der Waals surface area contributed by atoms with Crippen molar-refractivity contribution in [2.45, 2.75) is 25.2 Å². The first-order valence-corrected chi connectivity index (χ1v) is 8.10. The maximum absolute atomic E-state index is 5.47. The monoisotopic (exact) mass is 340 g/mol. The molecule has 1 saturated carbocycles. The molecule has 0 radical (unpaired) electrons. The Morgan fingerprint density at radius 2 is 2.21 bits per heavy atom. The van der Waals surface area contributed by atoms with Gasteiger partial charge >= 0.3 is 0 Å². The quantitative estimate of drug-likeness (QED) is 0.833. The van der Waals surface area contributed by atoms with Crippen molar-refractivity contribution < 1.29 is 9.26 Å². The molecule has 0 unspecified atom stereocenters. The van der Waals surface area contributed by atoms with Gasteiger partial charge in [0.25, 0.3) is 0 Å². The smallest absolute Gasteiger partial charge is 0.230 e. The second-order valence-electron chi connectivity index (χ2n) is 5.32. The van der Waals surface area contributed by atoms with Crippen molar-refractivity contribution in [3.8, 4) is 10.7 Å². The lowest BCUT2D eigenvalue weighted by Crippen LogP contribution is -2.18. The van der Waals surface area contributed by atoms with E-state index in [4.69, 9.17) is 9.26 Å². The van der Waals surface area contributed by atoms with Crippen LogP contribution in [0.15, 0.2) is 20.4 Å². The van der Waals surface area contributed by atoms with Gasteiger partial charge in [0.1, 0.15) is 0 Å². The zero-order chi connectivity index (χ0) is 12.9. The van der Waals surface area contributed by atoms with E-state index in [1.165, 1.54) is 6.42 Å². The zero-order valence-electron chi connectivity index (χ0n) is 10.3.